The third-order valence-electron chi connectivity index (χ3n) is 2.81. The molecule has 2 rings (SSSR count). The van der Waals surface area contributed by atoms with Crippen LogP contribution >= 0.6 is 23.5 Å². The summed E-state index contributed by atoms with van der Waals surface area (Å²) in [5.74, 6) is 2.24. The maximum Gasteiger partial charge on any atom is 0.0991 e. The van der Waals surface area contributed by atoms with E-state index >= 15 is 0 Å². The minimum Gasteiger partial charge on any atom is -0.192 e. The Kier molecular flexibility index (Phi) is 7.00. The number of rotatable bonds is 7. The smallest absolute Gasteiger partial charge is 0.0991 e. The van der Waals surface area contributed by atoms with Gasteiger partial charge >= 0.3 is 0 Å². The van der Waals surface area contributed by atoms with Gasteiger partial charge in [-0.1, -0.05) is 30.3 Å². The quantitative estimate of drug-likeness (QED) is 0.502. The van der Waals surface area contributed by atoms with E-state index in [4.69, 9.17) is 5.26 Å². The average molecular weight is 311 g/mol. The van der Waals surface area contributed by atoms with Gasteiger partial charge in [0.2, 0.25) is 0 Å². The van der Waals surface area contributed by atoms with E-state index in [0.717, 1.165) is 17.1 Å². The lowest BCUT2D eigenvalue weighted by Crippen LogP contribution is -1.83. The van der Waals surface area contributed by atoms with Crippen molar-refractivity contribution in [2.75, 3.05) is 11.5 Å². The third kappa shape index (κ3) is 6.12. The van der Waals surface area contributed by atoms with Crippen molar-refractivity contribution in [2.24, 2.45) is 0 Å². The molecule has 0 fully saturated rings. The van der Waals surface area contributed by atoms with Gasteiger partial charge in [0.1, 0.15) is 0 Å². The highest BCUT2D eigenvalue weighted by molar-refractivity contribution is 8.02. The summed E-state index contributed by atoms with van der Waals surface area (Å²) in [4.78, 5) is 1.24. The number of nitrogens with zero attached hydrogens (tertiary/aromatic N) is 1. The van der Waals surface area contributed by atoms with Gasteiger partial charge in [-0.3, -0.25) is 0 Å². The highest BCUT2D eigenvalue weighted by atomic mass is 32.2. The van der Waals surface area contributed by atoms with Crippen LogP contribution in [-0.4, -0.2) is 11.5 Å². The topological polar surface area (TPSA) is 23.8 Å². The second-order valence-electron chi connectivity index (χ2n) is 4.42. The van der Waals surface area contributed by atoms with Crippen LogP contribution in [0, 0.1) is 11.3 Å². The molecule has 0 aliphatic heterocycles. The molecule has 21 heavy (non-hydrogen) atoms. The van der Waals surface area contributed by atoms with Crippen LogP contribution in [-0.2, 0) is 0 Å². The first-order chi connectivity index (χ1) is 10.4. The second-order valence-corrected chi connectivity index (χ2v) is 6.60. The van der Waals surface area contributed by atoms with E-state index in [9.17, 15) is 0 Å². The minimum atomic E-state index is 0.723. The Morgan fingerprint density at radius 2 is 1.71 bits per heavy atom. The van der Waals surface area contributed by atoms with Gasteiger partial charge in [-0.05, 0) is 59.2 Å². The van der Waals surface area contributed by atoms with Crippen LogP contribution < -0.4 is 0 Å². The second kappa shape index (κ2) is 9.33. The van der Waals surface area contributed by atoms with Crippen molar-refractivity contribution in [2.45, 2.75) is 11.3 Å². The highest BCUT2D eigenvalue weighted by Crippen LogP contribution is 2.20. The summed E-state index contributed by atoms with van der Waals surface area (Å²) >= 11 is 3.70. The Hall–Kier alpha value is -1.63. The number of thioether (sulfide) groups is 2. The summed E-state index contributed by atoms with van der Waals surface area (Å²) in [6.07, 6.45) is 3.33. The van der Waals surface area contributed by atoms with Crippen LogP contribution in [0.15, 0.2) is 64.9 Å². The summed E-state index contributed by atoms with van der Waals surface area (Å²) in [6.45, 7) is 0. The number of hydrogen-bond acceptors (Lipinski definition) is 3. The Morgan fingerprint density at radius 1 is 0.952 bits per heavy atom. The van der Waals surface area contributed by atoms with Gasteiger partial charge in [0, 0.05) is 4.90 Å². The predicted molar refractivity (Wildman–Crippen MR) is 94.4 cm³/mol. The lowest BCUT2D eigenvalue weighted by molar-refractivity contribution is 1.12. The van der Waals surface area contributed by atoms with Crippen molar-refractivity contribution in [3.63, 3.8) is 0 Å². The van der Waals surface area contributed by atoms with Gasteiger partial charge in [-0.2, -0.15) is 5.26 Å². The van der Waals surface area contributed by atoms with Crippen LogP contribution in [0.4, 0.5) is 0 Å². The number of hydrogen-bond donors (Lipinski definition) is 0. The SMILES string of the molecule is N#Cc1ccc(SCCCS/C=C/c2ccccc2)cc1. The van der Waals surface area contributed by atoms with Gasteiger partial charge in [-0.15, -0.1) is 23.5 Å². The maximum absolute atomic E-state index is 8.74. The van der Waals surface area contributed by atoms with E-state index in [0.29, 0.717) is 0 Å². The Balaban J connectivity index is 1.60. The van der Waals surface area contributed by atoms with E-state index in [1.807, 2.05) is 53.9 Å². The van der Waals surface area contributed by atoms with Gasteiger partial charge in [0.25, 0.3) is 0 Å². The van der Waals surface area contributed by atoms with Crippen LogP contribution in [0.2, 0.25) is 0 Å². The monoisotopic (exact) mass is 311 g/mol. The highest BCUT2D eigenvalue weighted by Gasteiger charge is 1.95. The largest absolute Gasteiger partial charge is 0.192 e. The maximum atomic E-state index is 8.74. The zero-order valence-corrected chi connectivity index (χ0v) is 13.4. The molecule has 0 aliphatic carbocycles. The molecule has 2 aromatic carbocycles. The van der Waals surface area contributed by atoms with Crippen molar-refractivity contribution in [3.8, 4) is 6.07 Å². The van der Waals surface area contributed by atoms with E-state index in [1.165, 1.54) is 16.9 Å². The molecule has 0 N–H and O–H groups in total. The fraction of sp³-hybridized carbons (Fsp3) is 0.167. The Morgan fingerprint density at radius 3 is 2.43 bits per heavy atom. The summed E-state index contributed by atoms with van der Waals surface area (Å²) in [6, 6.07) is 20.3. The molecule has 0 radical (unpaired) electrons. The molecule has 0 atom stereocenters. The predicted octanol–water partition coefficient (Wildman–Crippen LogP) is 5.44. The van der Waals surface area contributed by atoms with E-state index in [2.05, 4.69) is 41.8 Å². The standard InChI is InChI=1S/C18H17NS2/c19-15-17-7-9-18(10-8-17)21-13-4-12-20-14-11-16-5-2-1-3-6-16/h1-3,5-11,14H,4,12-13H2/b14-11+. The van der Waals surface area contributed by atoms with Crippen LogP contribution in [0.5, 0.6) is 0 Å². The molecule has 106 valence electrons. The van der Waals surface area contributed by atoms with Crippen LogP contribution in [0.25, 0.3) is 6.08 Å². The summed E-state index contributed by atoms with van der Waals surface area (Å²) in [7, 11) is 0. The fourth-order valence-corrected chi connectivity index (χ4v) is 3.45. The molecule has 1 nitrogen and oxygen atoms in total. The first kappa shape index (κ1) is 15.8. The van der Waals surface area contributed by atoms with Gasteiger partial charge in [-0.25, -0.2) is 0 Å². The minimum absolute atomic E-state index is 0.723. The molecule has 0 saturated heterocycles. The molecular formula is C18H17NS2. The molecular weight excluding hydrogens is 294 g/mol. The molecule has 0 aromatic heterocycles. The lowest BCUT2D eigenvalue weighted by atomic mass is 10.2. The summed E-state index contributed by atoms with van der Waals surface area (Å²) < 4.78 is 0. The van der Waals surface area contributed by atoms with Gasteiger partial charge in [0.15, 0.2) is 0 Å². The number of benzene rings is 2. The summed E-state index contributed by atoms with van der Waals surface area (Å²) in [5.41, 5.74) is 1.97. The molecule has 0 spiro atoms. The lowest BCUT2D eigenvalue weighted by Gasteiger charge is -2.00. The molecule has 0 unspecified atom stereocenters. The third-order valence-corrected chi connectivity index (χ3v) is 4.77. The van der Waals surface area contributed by atoms with Crippen molar-refractivity contribution in [3.05, 3.63) is 71.1 Å². The van der Waals surface area contributed by atoms with E-state index < -0.39 is 0 Å². The van der Waals surface area contributed by atoms with Gasteiger partial charge < -0.3 is 0 Å². The molecule has 3 heteroatoms. The zero-order valence-electron chi connectivity index (χ0n) is 11.7. The fourth-order valence-electron chi connectivity index (χ4n) is 1.72. The van der Waals surface area contributed by atoms with Gasteiger partial charge in [0.05, 0.1) is 11.6 Å². The van der Waals surface area contributed by atoms with Crippen LogP contribution in [0.1, 0.15) is 17.5 Å². The first-order valence-electron chi connectivity index (χ1n) is 6.84. The first-order valence-corrected chi connectivity index (χ1v) is 8.88. The van der Waals surface area contributed by atoms with E-state index in [1.54, 1.807) is 0 Å². The van der Waals surface area contributed by atoms with Crippen LogP contribution in [0.3, 0.4) is 0 Å². The molecule has 0 bridgehead atoms. The van der Waals surface area contributed by atoms with Crippen molar-refractivity contribution < 1.29 is 0 Å². The van der Waals surface area contributed by atoms with Crippen molar-refractivity contribution >= 4 is 29.6 Å². The molecule has 0 amide bonds. The molecule has 0 aliphatic rings. The Labute approximate surface area is 135 Å². The zero-order chi connectivity index (χ0) is 14.8. The molecule has 2 aromatic rings. The summed E-state index contributed by atoms with van der Waals surface area (Å²) in [5, 5.41) is 10.9. The Bertz CT molecular complexity index is 597. The normalized spacial score (nSPS) is 10.6. The van der Waals surface area contributed by atoms with Crippen molar-refractivity contribution in [1.29, 1.82) is 5.26 Å². The van der Waals surface area contributed by atoms with Crippen molar-refractivity contribution in [1.82, 2.24) is 0 Å². The van der Waals surface area contributed by atoms with E-state index in [-0.39, 0.29) is 0 Å². The molecule has 0 saturated carbocycles. The number of nitriles is 1. The molecule has 0 heterocycles. The average Bonchev–Trinajstić information content (AvgIpc) is 2.55.